The Labute approximate surface area is 282 Å². The summed E-state index contributed by atoms with van der Waals surface area (Å²) in [7, 11) is 0. The van der Waals surface area contributed by atoms with Crippen LogP contribution in [-0.2, 0) is 0 Å². The maximum Gasteiger partial charge on any atom is 0.164 e. The van der Waals surface area contributed by atoms with Crippen molar-refractivity contribution in [2.45, 2.75) is 0 Å². The zero-order valence-corrected chi connectivity index (χ0v) is 26.3. The standard InChI is InChI=1S/C45H27N3O/c1-2-12-30(13-3-1)43-46-44(48-45(47-43)38-20-10-22-40-42(38)37-17-6-7-21-39(37)49-40)32-15-8-14-31(27-32)33-18-9-19-36-35(33)26-25-29-24-23-28-11-4-5-16-34(28)41(29)36/h1-27H. The van der Waals surface area contributed by atoms with Crippen LogP contribution in [0.15, 0.2) is 168 Å². The van der Waals surface area contributed by atoms with Crippen LogP contribution in [0.3, 0.4) is 0 Å². The number of hydrogen-bond donors (Lipinski definition) is 0. The molecule has 2 heterocycles. The lowest BCUT2D eigenvalue weighted by Gasteiger charge is -2.13. The van der Waals surface area contributed by atoms with Gasteiger partial charge in [0.25, 0.3) is 0 Å². The van der Waals surface area contributed by atoms with Crippen LogP contribution in [-0.4, -0.2) is 15.0 Å². The second-order valence-electron chi connectivity index (χ2n) is 12.4. The van der Waals surface area contributed by atoms with Crippen LogP contribution >= 0.6 is 0 Å². The molecule has 0 aliphatic heterocycles. The van der Waals surface area contributed by atoms with Crippen molar-refractivity contribution in [2.75, 3.05) is 0 Å². The minimum atomic E-state index is 0.606. The Morgan fingerprint density at radius 3 is 1.86 bits per heavy atom. The van der Waals surface area contributed by atoms with Gasteiger partial charge < -0.3 is 4.42 Å². The number of hydrogen-bond acceptors (Lipinski definition) is 4. The van der Waals surface area contributed by atoms with Crippen molar-refractivity contribution < 1.29 is 4.42 Å². The third-order valence-electron chi connectivity index (χ3n) is 9.51. The molecule has 8 aromatic carbocycles. The van der Waals surface area contributed by atoms with Crippen molar-refractivity contribution in [3.63, 3.8) is 0 Å². The lowest BCUT2D eigenvalue weighted by molar-refractivity contribution is 0.669. The first-order chi connectivity index (χ1) is 24.3. The normalized spacial score (nSPS) is 11.7. The molecule has 0 unspecified atom stereocenters. The summed E-state index contributed by atoms with van der Waals surface area (Å²) in [5, 5.41) is 9.52. The van der Waals surface area contributed by atoms with Crippen molar-refractivity contribution in [1.29, 1.82) is 0 Å². The zero-order valence-electron chi connectivity index (χ0n) is 26.3. The van der Waals surface area contributed by atoms with Gasteiger partial charge in [0, 0.05) is 27.5 Å². The predicted octanol–water partition coefficient (Wildman–Crippen LogP) is 11.9. The van der Waals surface area contributed by atoms with Crippen LogP contribution in [0.5, 0.6) is 0 Å². The van der Waals surface area contributed by atoms with Crippen molar-refractivity contribution in [3.8, 4) is 45.3 Å². The molecule has 0 amide bonds. The van der Waals surface area contributed by atoms with Gasteiger partial charge >= 0.3 is 0 Å². The number of furan rings is 1. The number of aromatic nitrogens is 3. The SMILES string of the molecule is c1ccc(-c2nc(-c3cccc(-c4cccc5c4ccc4ccc6ccccc6c45)c3)nc(-c3cccc4oc5ccccc5c34)n2)cc1. The smallest absolute Gasteiger partial charge is 0.164 e. The maximum absolute atomic E-state index is 6.22. The number of fused-ring (bicyclic) bond motifs is 8. The van der Waals surface area contributed by atoms with Crippen molar-refractivity contribution >= 4 is 54.3 Å². The van der Waals surface area contributed by atoms with E-state index in [0.29, 0.717) is 17.5 Å². The van der Waals surface area contributed by atoms with Gasteiger partial charge in [0.05, 0.1) is 0 Å². The summed E-state index contributed by atoms with van der Waals surface area (Å²) in [6.45, 7) is 0. The monoisotopic (exact) mass is 625 g/mol. The van der Waals surface area contributed by atoms with Gasteiger partial charge in [-0.1, -0.05) is 146 Å². The summed E-state index contributed by atoms with van der Waals surface area (Å²) >= 11 is 0. The van der Waals surface area contributed by atoms with Crippen LogP contribution in [0.1, 0.15) is 0 Å². The van der Waals surface area contributed by atoms with Crippen LogP contribution in [0.25, 0.3) is 99.5 Å². The quantitative estimate of drug-likeness (QED) is 0.183. The van der Waals surface area contributed by atoms with E-state index < -0.39 is 0 Å². The third kappa shape index (κ3) is 4.49. The molecule has 4 nitrogen and oxygen atoms in total. The fourth-order valence-corrected chi connectivity index (χ4v) is 7.24. The lowest BCUT2D eigenvalue weighted by Crippen LogP contribution is -2.00. The number of benzene rings is 8. The Kier molecular flexibility index (Phi) is 6.15. The molecule has 10 rings (SSSR count). The molecule has 0 aliphatic rings. The average molecular weight is 626 g/mol. The van der Waals surface area contributed by atoms with Gasteiger partial charge in [-0.25, -0.2) is 15.0 Å². The zero-order chi connectivity index (χ0) is 32.3. The number of rotatable bonds is 4. The summed E-state index contributed by atoms with van der Waals surface area (Å²) in [6, 6.07) is 57.0. The Bertz CT molecular complexity index is 2890. The molecule has 228 valence electrons. The fraction of sp³-hybridized carbons (Fsp3) is 0. The van der Waals surface area contributed by atoms with E-state index in [2.05, 4.69) is 103 Å². The second-order valence-corrected chi connectivity index (χ2v) is 12.4. The summed E-state index contributed by atoms with van der Waals surface area (Å²) in [6.07, 6.45) is 0. The first-order valence-electron chi connectivity index (χ1n) is 16.4. The van der Waals surface area contributed by atoms with E-state index in [1.165, 1.54) is 37.9 Å². The van der Waals surface area contributed by atoms with E-state index in [4.69, 9.17) is 19.4 Å². The Morgan fingerprint density at radius 2 is 0.939 bits per heavy atom. The van der Waals surface area contributed by atoms with Gasteiger partial charge in [-0.3, -0.25) is 0 Å². The van der Waals surface area contributed by atoms with Crippen molar-refractivity contribution in [3.05, 3.63) is 164 Å². The minimum Gasteiger partial charge on any atom is -0.456 e. The topological polar surface area (TPSA) is 51.8 Å². The molecular weight excluding hydrogens is 599 g/mol. The number of nitrogens with zero attached hydrogens (tertiary/aromatic N) is 3. The van der Waals surface area contributed by atoms with Gasteiger partial charge in [-0.05, 0) is 61.6 Å². The van der Waals surface area contributed by atoms with Gasteiger partial charge in [-0.15, -0.1) is 0 Å². The molecule has 0 saturated carbocycles. The molecule has 0 atom stereocenters. The molecule has 0 fully saturated rings. The van der Waals surface area contributed by atoms with E-state index in [0.717, 1.165) is 44.2 Å². The van der Waals surface area contributed by atoms with Gasteiger partial charge in [0.15, 0.2) is 17.5 Å². The first kappa shape index (κ1) is 27.5. The van der Waals surface area contributed by atoms with Gasteiger partial charge in [0.1, 0.15) is 11.2 Å². The molecule has 0 bridgehead atoms. The summed E-state index contributed by atoms with van der Waals surface area (Å²) in [4.78, 5) is 15.2. The molecule has 0 N–H and O–H groups in total. The van der Waals surface area contributed by atoms with Crippen LogP contribution < -0.4 is 0 Å². The highest BCUT2D eigenvalue weighted by Gasteiger charge is 2.18. The van der Waals surface area contributed by atoms with Crippen LogP contribution in [0.2, 0.25) is 0 Å². The summed E-state index contributed by atoms with van der Waals surface area (Å²) < 4.78 is 6.22. The Hall–Kier alpha value is -6.65. The second kappa shape index (κ2) is 11.0. The lowest BCUT2D eigenvalue weighted by atomic mass is 9.92. The molecule has 2 aromatic heterocycles. The predicted molar refractivity (Wildman–Crippen MR) is 201 cm³/mol. The molecule has 0 spiro atoms. The third-order valence-corrected chi connectivity index (χ3v) is 9.51. The summed E-state index contributed by atoms with van der Waals surface area (Å²) in [5.74, 6) is 1.85. The fourth-order valence-electron chi connectivity index (χ4n) is 7.24. The highest BCUT2D eigenvalue weighted by molar-refractivity contribution is 6.22. The first-order valence-corrected chi connectivity index (χ1v) is 16.4. The van der Waals surface area contributed by atoms with E-state index >= 15 is 0 Å². The van der Waals surface area contributed by atoms with Crippen LogP contribution in [0, 0.1) is 0 Å². The van der Waals surface area contributed by atoms with E-state index in [-0.39, 0.29) is 0 Å². The van der Waals surface area contributed by atoms with E-state index in [9.17, 15) is 0 Å². The maximum atomic E-state index is 6.22. The highest BCUT2D eigenvalue weighted by Crippen LogP contribution is 2.39. The molecule has 0 saturated heterocycles. The minimum absolute atomic E-state index is 0.606. The molecular formula is C45H27N3O. The average Bonchev–Trinajstić information content (AvgIpc) is 3.56. The van der Waals surface area contributed by atoms with Crippen molar-refractivity contribution in [1.82, 2.24) is 15.0 Å². The van der Waals surface area contributed by atoms with Crippen LogP contribution in [0.4, 0.5) is 0 Å². The Morgan fingerprint density at radius 1 is 0.327 bits per heavy atom. The van der Waals surface area contributed by atoms with E-state index in [1.807, 2.05) is 60.7 Å². The van der Waals surface area contributed by atoms with Crippen molar-refractivity contribution in [2.24, 2.45) is 0 Å². The molecule has 0 aliphatic carbocycles. The van der Waals surface area contributed by atoms with Gasteiger partial charge in [-0.2, -0.15) is 0 Å². The van der Waals surface area contributed by atoms with Gasteiger partial charge in [0.2, 0.25) is 0 Å². The van der Waals surface area contributed by atoms with E-state index in [1.54, 1.807) is 0 Å². The highest BCUT2D eigenvalue weighted by atomic mass is 16.3. The molecule has 49 heavy (non-hydrogen) atoms. The molecule has 10 aromatic rings. The number of para-hydroxylation sites is 1. The largest absolute Gasteiger partial charge is 0.456 e. The molecule has 0 radical (unpaired) electrons. The summed E-state index contributed by atoms with van der Waals surface area (Å²) in [5.41, 5.74) is 6.68. The Balaban J connectivity index is 1.18. The molecule has 4 heteroatoms.